The molecule has 6 nitrogen and oxygen atoms in total. The van der Waals surface area contributed by atoms with Gasteiger partial charge in [-0.15, -0.1) is 0 Å². The minimum atomic E-state index is -5.77. The van der Waals surface area contributed by atoms with Crippen molar-refractivity contribution in [3.63, 3.8) is 0 Å². The van der Waals surface area contributed by atoms with Gasteiger partial charge in [0.1, 0.15) is 6.04 Å². The van der Waals surface area contributed by atoms with Gasteiger partial charge in [0.2, 0.25) is 5.91 Å². The molecule has 1 aliphatic heterocycles. The number of ketones is 2. The second-order valence-corrected chi connectivity index (χ2v) is 9.55. The summed E-state index contributed by atoms with van der Waals surface area (Å²) in [6.07, 6.45) is -12.6. The molecule has 1 aliphatic rings. The number of benzene rings is 1. The number of halogens is 9. The van der Waals surface area contributed by atoms with Gasteiger partial charge in [-0.3, -0.25) is 14.4 Å². The molecular formula is C25H32F9N3O3. The van der Waals surface area contributed by atoms with Crippen molar-refractivity contribution in [2.75, 3.05) is 31.5 Å². The average Bonchev–Trinajstić information content (AvgIpc) is 2.85. The first-order chi connectivity index (χ1) is 18.3. The van der Waals surface area contributed by atoms with Crippen LogP contribution in [0.2, 0.25) is 0 Å². The van der Waals surface area contributed by atoms with Crippen LogP contribution < -0.4 is 10.6 Å². The van der Waals surface area contributed by atoms with E-state index in [0.717, 1.165) is 38.2 Å². The number of Topliss-reactive ketones (excluding diaryl/α,β-unsaturated/α-hetero) is 2. The maximum absolute atomic E-state index is 12.7. The van der Waals surface area contributed by atoms with Crippen LogP contribution in [0.5, 0.6) is 0 Å². The Kier molecular flexibility index (Phi) is 12.9. The van der Waals surface area contributed by atoms with E-state index < -0.39 is 41.7 Å². The Balaban J connectivity index is 0.000000562. The summed E-state index contributed by atoms with van der Waals surface area (Å²) in [7, 11) is 0. The Morgan fingerprint density at radius 1 is 0.875 bits per heavy atom. The third-order valence-corrected chi connectivity index (χ3v) is 6.21. The molecule has 228 valence electrons. The highest BCUT2D eigenvalue weighted by Gasteiger charge is 2.54. The summed E-state index contributed by atoms with van der Waals surface area (Å²) in [4.78, 5) is 34.3. The summed E-state index contributed by atoms with van der Waals surface area (Å²) in [5, 5.41) is 6.07. The Labute approximate surface area is 225 Å². The molecule has 1 amide bonds. The second-order valence-electron chi connectivity index (χ2n) is 9.55. The van der Waals surface area contributed by atoms with Crippen molar-refractivity contribution in [1.29, 1.82) is 0 Å². The molecule has 0 radical (unpaired) electrons. The predicted molar refractivity (Wildman–Crippen MR) is 128 cm³/mol. The fraction of sp³-hybridized carbons (Fsp3) is 0.640. The molecular weight excluding hydrogens is 561 g/mol. The average molecular weight is 594 g/mol. The third-order valence-electron chi connectivity index (χ3n) is 6.21. The Morgan fingerprint density at radius 2 is 1.35 bits per heavy atom. The van der Waals surface area contributed by atoms with E-state index in [0.29, 0.717) is 18.2 Å². The molecule has 1 saturated heterocycles. The minimum absolute atomic E-state index is 0.00934. The number of likely N-dealkylation sites (tertiary alicyclic amines) is 1. The van der Waals surface area contributed by atoms with Crippen LogP contribution in [-0.2, 0) is 20.6 Å². The van der Waals surface area contributed by atoms with Gasteiger partial charge in [0, 0.05) is 12.2 Å². The second kappa shape index (κ2) is 14.7. The van der Waals surface area contributed by atoms with E-state index in [1.807, 2.05) is 13.8 Å². The molecule has 1 atom stereocenters. The monoisotopic (exact) mass is 593 g/mol. The van der Waals surface area contributed by atoms with Gasteiger partial charge in [-0.25, -0.2) is 0 Å². The number of hydrogen-bond donors (Lipinski definition) is 2. The number of nitrogens with one attached hydrogen (secondary N) is 2. The zero-order valence-electron chi connectivity index (χ0n) is 22.1. The smallest absolute Gasteiger partial charge is 0.373 e. The van der Waals surface area contributed by atoms with Crippen molar-refractivity contribution in [3.8, 4) is 0 Å². The number of rotatable bonds is 9. The van der Waals surface area contributed by atoms with Gasteiger partial charge in [0.15, 0.2) is 0 Å². The molecule has 0 spiro atoms. The molecule has 0 saturated carbocycles. The van der Waals surface area contributed by atoms with Gasteiger partial charge >= 0.3 is 30.1 Å². The van der Waals surface area contributed by atoms with Crippen LogP contribution in [-0.4, -0.2) is 66.9 Å². The summed E-state index contributed by atoms with van der Waals surface area (Å²) in [6.45, 7) is 9.99. The largest absolute Gasteiger partial charge is 0.458 e. The molecule has 0 aliphatic carbocycles. The molecule has 1 aromatic rings. The van der Waals surface area contributed by atoms with Crippen LogP contribution in [0.3, 0.4) is 0 Å². The summed E-state index contributed by atoms with van der Waals surface area (Å²) < 4.78 is 105. The van der Waals surface area contributed by atoms with E-state index in [1.54, 1.807) is 0 Å². The van der Waals surface area contributed by atoms with Crippen molar-refractivity contribution in [3.05, 3.63) is 29.8 Å². The lowest BCUT2D eigenvalue weighted by molar-refractivity contribution is -0.193. The SMILES string of the molecule is CCN1CCC(CCNC(=O)[C@H](Nc2ccc(C(F)(F)F)cc2)C(C)C)CC1.O=C(C(=O)C(F)(F)F)C(F)(F)F. The summed E-state index contributed by atoms with van der Waals surface area (Å²) in [5.41, 5.74) is -0.188. The van der Waals surface area contributed by atoms with Crippen molar-refractivity contribution in [2.45, 2.75) is 64.6 Å². The number of anilines is 1. The van der Waals surface area contributed by atoms with Crippen LogP contribution in [0.1, 0.15) is 45.6 Å². The lowest BCUT2D eigenvalue weighted by Crippen LogP contribution is -2.44. The maximum atomic E-state index is 12.7. The van der Waals surface area contributed by atoms with Gasteiger partial charge in [-0.2, -0.15) is 39.5 Å². The first-order valence-corrected chi connectivity index (χ1v) is 12.4. The predicted octanol–water partition coefficient (Wildman–Crippen LogP) is 5.63. The summed E-state index contributed by atoms with van der Waals surface area (Å²) in [5.74, 6) is -6.27. The molecule has 1 fully saturated rings. The summed E-state index contributed by atoms with van der Waals surface area (Å²) in [6, 6.07) is 4.30. The Bertz CT molecular complexity index is 943. The number of amides is 1. The minimum Gasteiger partial charge on any atom is -0.373 e. The molecule has 40 heavy (non-hydrogen) atoms. The number of alkyl halides is 9. The fourth-order valence-electron chi connectivity index (χ4n) is 3.83. The number of carbonyl (C=O) groups excluding carboxylic acids is 3. The van der Waals surface area contributed by atoms with Crippen molar-refractivity contribution >= 4 is 23.2 Å². The van der Waals surface area contributed by atoms with Crippen LogP contribution >= 0.6 is 0 Å². The maximum Gasteiger partial charge on any atom is 0.458 e. The molecule has 1 heterocycles. The third kappa shape index (κ3) is 11.7. The first-order valence-electron chi connectivity index (χ1n) is 12.4. The molecule has 0 aromatic heterocycles. The van der Waals surface area contributed by atoms with Crippen LogP contribution in [0.15, 0.2) is 24.3 Å². The van der Waals surface area contributed by atoms with Crippen LogP contribution in [0.25, 0.3) is 0 Å². The first kappa shape index (κ1) is 35.2. The zero-order chi connectivity index (χ0) is 30.9. The van der Waals surface area contributed by atoms with Gasteiger partial charge in [-0.1, -0.05) is 20.8 Å². The van der Waals surface area contributed by atoms with E-state index >= 15 is 0 Å². The van der Waals surface area contributed by atoms with Gasteiger partial charge < -0.3 is 15.5 Å². The van der Waals surface area contributed by atoms with Crippen LogP contribution in [0.4, 0.5) is 45.2 Å². The Morgan fingerprint density at radius 3 is 1.73 bits per heavy atom. The van der Waals surface area contributed by atoms with Gasteiger partial charge in [0.05, 0.1) is 5.56 Å². The molecule has 2 N–H and O–H groups in total. The number of nitrogens with zero attached hydrogens (tertiary/aromatic N) is 1. The highest BCUT2D eigenvalue weighted by atomic mass is 19.4. The lowest BCUT2D eigenvalue weighted by Gasteiger charge is -2.31. The van der Waals surface area contributed by atoms with E-state index in [9.17, 15) is 53.9 Å². The van der Waals surface area contributed by atoms with E-state index in [1.165, 1.54) is 25.0 Å². The van der Waals surface area contributed by atoms with Crippen LogP contribution in [0, 0.1) is 11.8 Å². The van der Waals surface area contributed by atoms with E-state index in [4.69, 9.17) is 0 Å². The topological polar surface area (TPSA) is 78.5 Å². The van der Waals surface area contributed by atoms with Crippen molar-refractivity contribution in [1.82, 2.24) is 10.2 Å². The molecule has 2 rings (SSSR count). The van der Waals surface area contributed by atoms with Gasteiger partial charge in [-0.05, 0) is 75.0 Å². The number of hydrogen-bond acceptors (Lipinski definition) is 5. The molecule has 0 unspecified atom stereocenters. The highest BCUT2D eigenvalue weighted by molar-refractivity contribution is 6.41. The fourth-order valence-corrected chi connectivity index (χ4v) is 3.83. The highest BCUT2D eigenvalue weighted by Crippen LogP contribution is 2.30. The van der Waals surface area contributed by atoms with Crippen molar-refractivity contribution < 1.29 is 53.9 Å². The summed E-state index contributed by atoms with van der Waals surface area (Å²) >= 11 is 0. The zero-order valence-corrected chi connectivity index (χ0v) is 22.1. The molecule has 0 bridgehead atoms. The van der Waals surface area contributed by atoms with E-state index in [-0.39, 0.29) is 11.8 Å². The number of piperidine rings is 1. The quantitative estimate of drug-likeness (QED) is 0.287. The number of carbonyl (C=O) groups is 3. The lowest BCUT2D eigenvalue weighted by atomic mass is 9.93. The molecule has 15 heteroatoms. The molecule has 1 aromatic carbocycles. The van der Waals surface area contributed by atoms with Gasteiger partial charge in [0.25, 0.3) is 0 Å². The normalized spacial score (nSPS) is 16.1. The Hall–Kier alpha value is -2.84. The standard InChI is InChI=1S/C21H32F3N3O.C4F6O2/c1-4-27-13-10-16(11-14-27)9-12-25-20(28)19(15(2)3)26-18-7-5-17(6-8-18)21(22,23)24;5-3(6,7)1(11)2(12)4(8,9)10/h5-8,15-16,19,26H,4,9-14H2,1-3H3,(H,25,28);/t19-;/m1./s1. The van der Waals surface area contributed by atoms with Crippen molar-refractivity contribution in [2.24, 2.45) is 11.8 Å². The van der Waals surface area contributed by atoms with E-state index in [2.05, 4.69) is 22.5 Å².